The number of aryl methyl sites for hydroxylation is 1. The van der Waals surface area contributed by atoms with Gasteiger partial charge in [-0.3, -0.25) is 14.6 Å². The van der Waals surface area contributed by atoms with E-state index in [2.05, 4.69) is 41.5 Å². The Hall–Kier alpha value is -3.48. The molecular formula is C21H22N4O3. The zero-order valence-electron chi connectivity index (χ0n) is 16.2. The Balaban J connectivity index is 1.79. The molecule has 7 nitrogen and oxygen atoms in total. The van der Waals surface area contributed by atoms with E-state index in [1.54, 1.807) is 13.0 Å². The highest BCUT2D eigenvalue weighted by Crippen LogP contribution is 2.29. The van der Waals surface area contributed by atoms with E-state index in [0.717, 1.165) is 11.3 Å². The molecular weight excluding hydrogens is 356 g/mol. The number of amides is 2. The highest BCUT2D eigenvalue weighted by Gasteiger charge is 2.20. The lowest BCUT2D eigenvalue weighted by molar-refractivity contribution is 0.102. The van der Waals surface area contributed by atoms with Gasteiger partial charge < -0.3 is 15.2 Å². The molecule has 0 unspecified atom stereocenters. The van der Waals surface area contributed by atoms with E-state index in [1.165, 1.54) is 18.3 Å². The van der Waals surface area contributed by atoms with Gasteiger partial charge in [-0.05, 0) is 36.1 Å². The van der Waals surface area contributed by atoms with E-state index in [-0.39, 0.29) is 17.0 Å². The standard InChI is InChI=1S/C21H22N4O3/c1-13-11-18(25-28-13)24-19(26)14-9-10-22-17(12-14)20(27)23-16-8-6-5-7-15(16)21(2,3)4/h5-12H,1-4H3,(H,23,27)(H,24,25,26). The maximum absolute atomic E-state index is 12.7. The predicted octanol–water partition coefficient (Wildman–Crippen LogP) is 4.18. The van der Waals surface area contributed by atoms with Crippen LogP contribution in [-0.4, -0.2) is 22.0 Å². The minimum atomic E-state index is -0.403. The average molecular weight is 378 g/mol. The number of hydrogen-bond donors (Lipinski definition) is 2. The molecule has 7 heteroatoms. The van der Waals surface area contributed by atoms with Gasteiger partial charge in [0.05, 0.1) is 0 Å². The smallest absolute Gasteiger partial charge is 0.274 e. The Labute approximate surface area is 163 Å². The molecule has 0 fully saturated rings. The molecule has 0 saturated heterocycles. The Kier molecular flexibility index (Phi) is 5.26. The fourth-order valence-electron chi connectivity index (χ4n) is 2.74. The number of anilines is 2. The van der Waals surface area contributed by atoms with Crippen molar-refractivity contribution in [3.05, 3.63) is 71.2 Å². The van der Waals surface area contributed by atoms with Crippen LogP contribution in [0.3, 0.4) is 0 Å². The number of nitrogens with zero attached hydrogens (tertiary/aromatic N) is 2. The Morgan fingerprint density at radius 3 is 2.43 bits per heavy atom. The van der Waals surface area contributed by atoms with Crippen LogP contribution in [0.2, 0.25) is 0 Å². The largest absolute Gasteiger partial charge is 0.360 e. The lowest BCUT2D eigenvalue weighted by Gasteiger charge is -2.22. The van der Waals surface area contributed by atoms with Crippen LogP contribution >= 0.6 is 0 Å². The van der Waals surface area contributed by atoms with Gasteiger partial charge in [0.25, 0.3) is 11.8 Å². The number of aromatic nitrogens is 2. The number of nitrogens with one attached hydrogen (secondary N) is 2. The molecule has 1 aromatic carbocycles. The summed E-state index contributed by atoms with van der Waals surface area (Å²) in [7, 11) is 0. The Morgan fingerprint density at radius 1 is 1.00 bits per heavy atom. The van der Waals surface area contributed by atoms with Crippen LogP contribution in [0.1, 0.15) is 52.9 Å². The van der Waals surface area contributed by atoms with Gasteiger partial charge in [-0.1, -0.05) is 44.1 Å². The molecule has 0 spiro atoms. The Bertz CT molecular complexity index is 1020. The van der Waals surface area contributed by atoms with Gasteiger partial charge in [-0.25, -0.2) is 0 Å². The van der Waals surface area contributed by atoms with Gasteiger partial charge in [-0.15, -0.1) is 0 Å². The maximum atomic E-state index is 12.7. The lowest BCUT2D eigenvalue weighted by Crippen LogP contribution is -2.20. The number of pyridine rings is 1. The normalized spacial score (nSPS) is 11.1. The maximum Gasteiger partial charge on any atom is 0.274 e. The van der Waals surface area contributed by atoms with Crippen LogP contribution in [0, 0.1) is 6.92 Å². The average Bonchev–Trinajstić information content (AvgIpc) is 3.06. The molecule has 144 valence electrons. The van der Waals surface area contributed by atoms with Crippen molar-refractivity contribution < 1.29 is 14.1 Å². The second kappa shape index (κ2) is 7.64. The molecule has 0 saturated carbocycles. The molecule has 0 atom stereocenters. The molecule has 3 aromatic rings. The van der Waals surface area contributed by atoms with Gasteiger partial charge in [0.15, 0.2) is 5.82 Å². The topological polar surface area (TPSA) is 97.1 Å². The summed E-state index contributed by atoms with van der Waals surface area (Å²) in [5.41, 5.74) is 2.04. The van der Waals surface area contributed by atoms with Gasteiger partial charge in [-0.2, -0.15) is 0 Å². The van der Waals surface area contributed by atoms with Gasteiger partial charge in [0.2, 0.25) is 0 Å². The zero-order chi connectivity index (χ0) is 20.3. The second-order valence-electron chi connectivity index (χ2n) is 7.46. The molecule has 28 heavy (non-hydrogen) atoms. The summed E-state index contributed by atoms with van der Waals surface area (Å²) in [4.78, 5) is 29.2. The molecule has 0 aliphatic carbocycles. The summed E-state index contributed by atoms with van der Waals surface area (Å²) in [6.07, 6.45) is 1.42. The van der Waals surface area contributed by atoms with Gasteiger partial charge >= 0.3 is 0 Å². The summed E-state index contributed by atoms with van der Waals surface area (Å²) in [5.74, 6) is 0.107. The first-order valence-corrected chi connectivity index (χ1v) is 8.85. The lowest BCUT2D eigenvalue weighted by atomic mass is 9.86. The third-order valence-electron chi connectivity index (χ3n) is 4.11. The molecule has 0 aliphatic rings. The first kappa shape index (κ1) is 19.3. The third kappa shape index (κ3) is 4.43. The summed E-state index contributed by atoms with van der Waals surface area (Å²) in [6, 6.07) is 12.2. The van der Waals surface area contributed by atoms with Crippen LogP contribution < -0.4 is 10.6 Å². The van der Waals surface area contributed by atoms with Crippen LogP contribution in [0.5, 0.6) is 0 Å². The van der Waals surface area contributed by atoms with Crippen molar-refractivity contribution in [2.24, 2.45) is 0 Å². The number of hydrogen-bond acceptors (Lipinski definition) is 5. The zero-order valence-corrected chi connectivity index (χ0v) is 16.2. The van der Waals surface area contributed by atoms with Crippen molar-refractivity contribution in [1.82, 2.24) is 10.1 Å². The van der Waals surface area contributed by atoms with Crippen LogP contribution in [0.25, 0.3) is 0 Å². The summed E-state index contributed by atoms with van der Waals surface area (Å²) < 4.78 is 4.93. The monoisotopic (exact) mass is 378 g/mol. The van der Waals surface area contributed by atoms with Crippen LogP contribution in [0.4, 0.5) is 11.5 Å². The minimum Gasteiger partial charge on any atom is -0.360 e. The summed E-state index contributed by atoms with van der Waals surface area (Å²) >= 11 is 0. The second-order valence-corrected chi connectivity index (χ2v) is 7.46. The molecule has 3 rings (SSSR count). The molecule has 2 N–H and O–H groups in total. The van der Waals surface area contributed by atoms with Crippen molar-refractivity contribution in [3.8, 4) is 0 Å². The van der Waals surface area contributed by atoms with Crippen LogP contribution in [-0.2, 0) is 5.41 Å². The van der Waals surface area contributed by atoms with Crippen molar-refractivity contribution in [1.29, 1.82) is 0 Å². The highest BCUT2D eigenvalue weighted by atomic mass is 16.5. The highest BCUT2D eigenvalue weighted by molar-refractivity contribution is 6.07. The van der Waals surface area contributed by atoms with Gasteiger partial charge in [0, 0.05) is 23.5 Å². The van der Waals surface area contributed by atoms with Crippen molar-refractivity contribution in [2.75, 3.05) is 10.6 Å². The molecule has 0 bridgehead atoms. The van der Waals surface area contributed by atoms with E-state index >= 15 is 0 Å². The van der Waals surface area contributed by atoms with E-state index in [0.29, 0.717) is 17.1 Å². The SMILES string of the molecule is Cc1cc(NC(=O)c2ccnc(C(=O)Nc3ccccc3C(C)(C)C)c2)no1. The fourth-order valence-corrected chi connectivity index (χ4v) is 2.74. The molecule has 2 amide bonds. The fraction of sp³-hybridized carbons (Fsp3) is 0.238. The van der Waals surface area contributed by atoms with E-state index in [1.807, 2.05) is 24.3 Å². The molecule has 0 radical (unpaired) electrons. The molecule has 2 aromatic heterocycles. The molecule has 0 aliphatic heterocycles. The number of para-hydroxylation sites is 1. The summed E-state index contributed by atoms with van der Waals surface area (Å²) in [6.45, 7) is 7.96. The van der Waals surface area contributed by atoms with Crippen molar-refractivity contribution in [3.63, 3.8) is 0 Å². The molecule has 2 heterocycles. The first-order chi connectivity index (χ1) is 13.2. The first-order valence-electron chi connectivity index (χ1n) is 8.85. The van der Waals surface area contributed by atoms with Gasteiger partial charge in [0.1, 0.15) is 11.5 Å². The number of carbonyl (C=O) groups excluding carboxylic acids is 2. The van der Waals surface area contributed by atoms with E-state index in [9.17, 15) is 9.59 Å². The third-order valence-corrected chi connectivity index (χ3v) is 4.11. The quantitative estimate of drug-likeness (QED) is 0.710. The van der Waals surface area contributed by atoms with E-state index in [4.69, 9.17) is 4.52 Å². The van der Waals surface area contributed by atoms with E-state index < -0.39 is 5.91 Å². The minimum absolute atomic E-state index is 0.130. The van der Waals surface area contributed by atoms with Crippen LogP contribution in [0.15, 0.2) is 53.2 Å². The Morgan fingerprint density at radius 2 is 1.75 bits per heavy atom. The van der Waals surface area contributed by atoms with Crippen molar-refractivity contribution >= 4 is 23.3 Å². The predicted molar refractivity (Wildman–Crippen MR) is 107 cm³/mol. The number of rotatable bonds is 4. The number of benzene rings is 1. The van der Waals surface area contributed by atoms with Crippen molar-refractivity contribution in [2.45, 2.75) is 33.1 Å². The summed E-state index contributed by atoms with van der Waals surface area (Å²) in [5, 5.41) is 9.24. The number of carbonyl (C=O) groups is 2.